The van der Waals surface area contributed by atoms with Gasteiger partial charge in [0.05, 0.1) is 18.3 Å². The summed E-state index contributed by atoms with van der Waals surface area (Å²) in [6.07, 6.45) is 0.204. The molecule has 4 atom stereocenters. The summed E-state index contributed by atoms with van der Waals surface area (Å²) in [6, 6.07) is 0. The Morgan fingerprint density at radius 1 is 0.947 bits per heavy atom. The molecule has 2 saturated carbocycles. The molecule has 5 heteroatoms. The summed E-state index contributed by atoms with van der Waals surface area (Å²) in [5.74, 6) is -2.26. The number of fused-ring (bicyclic) bond motifs is 4. The van der Waals surface area contributed by atoms with Crippen molar-refractivity contribution < 1.29 is 19.2 Å². The molecule has 0 spiro atoms. The molecule has 0 aromatic carbocycles. The van der Waals surface area contributed by atoms with Gasteiger partial charge in [-0.2, -0.15) is 0 Å². The van der Waals surface area contributed by atoms with E-state index in [9.17, 15) is 19.2 Å². The highest BCUT2D eigenvalue weighted by molar-refractivity contribution is 6.13. The van der Waals surface area contributed by atoms with Crippen molar-refractivity contribution in [2.45, 2.75) is 39.2 Å². The molecule has 0 aromatic rings. The molecule has 1 saturated heterocycles. The monoisotopic (exact) mass is 263 g/mol. The molecule has 2 aliphatic carbocycles. The third-order valence-electron chi connectivity index (χ3n) is 4.58. The zero-order chi connectivity index (χ0) is 14.1. The summed E-state index contributed by atoms with van der Waals surface area (Å²) >= 11 is 0. The number of nitrogens with zero attached hydrogens (tertiary/aromatic N) is 1. The Kier molecular flexibility index (Phi) is 2.32. The quantitative estimate of drug-likeness (QED) is 0.473. The maximum atomic E-state index is 12.4. The molecule has 0 radical (unpaired) electrons. The lowest BCUT2D eigenvalue weighted by molar-refractivity contribution is -0.156. The lowest BCUT2D eigenvalue weighted by atomic mass is 9.52. The van der Waals surface area contributed by atoms with Crippen molar-refractivity contribution in [1.82, 2.24) is 4.90 Å². The van der Waals surface area contributed by atoms with Crippen LogP contribution >= 0.6 is 0 Å². The van der Waals surface area contributed by atoms with Gasteiger partial charge in [-0.25, -0.2) is 0 Å². The van der Waals surface area contributed by atoms with Crippen LogP contribution in [-0.2, 0) is 19.2 Å². The first-order chi connectivity index (χ1) is 8.73. The zero-order valence-corrected chi connectivity index (χ0v) is 11.3. The van der Waals surface area contributed by atoms with E-state index in [0.29, 0.717) is 0 Å². The highest BCUT2D eigenvalue weighted by Crippen LogP contribution is 2.56. The Labute approximate surface area is 111 Å². The van der Waals surface area contributed by atoms with E-state index in [1.54, 1.807) is 0 Å². The van der Waals surface area contributed by atoms with Gasteiger partial charge >= 0.3 is 0 Å². The highest BCUT2D eigenvalue weighted by atomic mass is 16.2. The van der Waals surface area contributed by atoms with Crippen LogP contribution in [0.15, 0.2) is 0 Å². The zero-order valence-electron chi connectivity index (χ0n) is 11.3. The Bertz CT molecular complexity index is 516. The molecule has 3 aliphatic rings. The summed E-state index contributed by atoms with van der Waals surface area (Å²) in [4.78, 5) is 49.4. The molecule has 5 nitrogen and oxygen atoms in total. The topological polar surface area (TPSA) is 71.5 Å². The van der Waals surface area contributed by atoms with Crippen LogP contribution < -0.4 is 0 Å². The molecule has 1 heterocycles. The van der Waals surface area contributed by atoms with Crippen molar-refractivity contribution in [2.75, 3.05) is 0 Å². The fourth-order valence-electron chi connectivity index (χ4n) is 3.89. The van der Waals surface area contributed by atoms with Crippen molar-refractivity contribution in [3.63, 3.8) is 0 Å². The number of ketones is 2. The second-order valence-electron chi connectivity index (χ2n) is 6.81. The van der Waals surface area contributed by atoms with E-state index in [-0.39, 0.29) is 42.1 Å². The third kappa shape index (κ3) is 1.47. The first kappa shape index (κ1) is 12.5. The third-order valence-corrected chi connectivity index (χ3v) is 4.58. The molecule has 0 bridgehead atoms. The summed E-state index contributed by atoms with van der Waals surface area (Å²) in [5, 5.41) is 0. The molecule has 19 heavy (non-hydrogen) atoms. The number of amides is 2. The SMILES string of the molecule is CC(C)(C)N1C(=O)C2C3CC(=O)CC(=O)C3C2C1=O. The predicted octanol–water partition coefficient (Wildman–Crippen LogP) is 0.564. The molecular weight excluding hydrogens is 246 g/mol. The average molecular weight is 263 g/mol. The molecule has 0 N–H and O–H groups in total. The van der Waals surface area contributed by atoms with Crippen LogP contribution in [0, 0.1) is 23.7 Å². The van der Waals surface area contributed by atoms with E-state index >= 15 is 0 Å². The minimum Gasteiger partial charge on any atom is -0.299 e. The van der Waals surface area contributed by atoms with E-state index in [1.807, 2.05) is 20.8 Å². The largest absolute Gasteiger partial charge is 0.299 e. The number of likely N-dealkylation sites (tertiary alicyclic amines) is 1. The van der Waals surface area contributed by atoms with E-state index in [4.69, 9.17) is 0 Å². The summed E-state index contributed by atoms with van der Waals surface area (Å²) in [7, 11) is 0. The van der Waals surface area contributed by atoms with Crippen LogP contribution in [-0.4, -0.2) is 33.8 Å². The lowest BCUT2D eigenvalue weighted by Gasteiger charge is -2.46. The van der Waals surface area contributed by atoms with Gasteiger partial charge in [0.25, 0.3) is 0 Å². The Morgan fingerprint density at radius 3 is 2.11 bits per heavy atom. The smallest absolute Gasteiger partial charge is 0.234 e. The van der Waals surface area contributed by atoms with E-state index in [0.717, 1.165) is 0 Å². The van der Waals surface area contributed by atoms with Crippen LogP contribution in [0.3, 0.4) is 0 Å². The van der Waals surface area contributed by atoms with Gasteiger partial charge < -0.3 is 0 Å². The van der Waals surface area contributed by atoms with E-state index < -0.39 is 23.3 Å². The Morgan fingerprint density at radius 2 is 1.53 bits per heavy atom. The minimum absolute atomic E-state index is 0.0681. The molecule has 2 amide bonds. The second-order valence-corrected chi connectivity index (χ2v) is 6.81. The standard InChI is InChI=1S/C14H17NO4/c1-14(2,3)15-12(18)10-7-4-6(16)5-8(17)9(7)11(10)13(15)19/h7,9-11H,4-5H2,1-3H3. The van der Waals surface area contributed by atoms with E-state index in [1.165, 1.54) is 4.90 Å². The van der Waals surface area contributed by atoms with Gasteiger partial charge in [0.15, 0.2) is 0 Å². The molecule has 102 valence electrons. The predicted molar refractivity (Wildman–Crippen MR) is 64.8 cm³/mol. The number of imide groups is 1. The van der Waals surface area contributed by atoms with Gasteiger partial charge in [-0.1, -0.05) is 0 Å². The fourth-order valence-corrected chi connectivity index (χ4v) is 3.89. The highest BCUT2D eigenvalue weighted by Gasteiger charge is 2.68. The van der Waals surface area contributed by atoms with Crippen molar-refractivity contribution in [3.05, 3.63) is 0 Å². The molecule has 3 fully saturated rings. The first-order valence-electron chi connectivity index (χ1n) is 6.66. The number of rotatable bonds is 0. The van der Waals surface area contributed by atoms with Crippen LogP contribution in [0.2, 0.25) is 0 Å². The Balaban J connectivity index is 1.96. The van der Waals surface area contributed by atoms with Crippen molar-refractivity contribution in [1.29, 1.82) is 0 Å². The normalized spacial score (nSPS) is 38.2. The number of hydrogen-bond acceptors (Lipinski definition) is 4. The van der Waals surface area contributed by atoms with Crippen molar-refractivity contribution in [2.24, 2.45) is 23.7 Å². The summed E-state index contributed by atoms with van der Waals surface area (Å²) in [6.45, 7) is 5.43. The van der Waals surface area contributed by atoms with Gasteiger partial charge in [0.2, 0.25) is 11.8 Å². The lowest BCUT2D eigenvalue weighted by Crippen LogP contribution is -2.55. The molecule has 0 aromatic heterocycles. The second kappa shape index (κ2) is 3.52. The maximum Gasteiger partial charge on any atom is 0.234 e. The number of carbonyl (C=O) groups is 4. The van der Waals surface area contributed by atoms with Crippen LogP contribution in [0.4, 0.5) is 0 Å². The first-order valence-corrected chi connectivity index (χ1v) is 6.66. The number of Topliss-reactive ketones (excluding diaryl/α,β-unsaturated/α-hetero) is 2. The van der Waals surface area contributed by atoms with Crippen LogP contribution in [0.5, 0.6) is 0 Å². The van der Waals surface area contributed by atoms with Gasteiger partial charge in [0.1, 0.15) is 11.6 Å². The Hall–Kier alpha value is -1.52. The minimum atomic E-state index is -0.568. The molecular formula is C14H17NO4. The van der Waals surface area contributed by atoms with Crippen molar-refractivity contribution in [3.8, 4) is 0 Å². The summed E-state index contributed by atoms with van der Waals surface area (Å²) in [5.41, 5.74) is -0.568. The molecule has 4 unspecified atom stereocenters. The van der Waals surface area contributed by atoms with Crippen molar-refractivity contribution >= 4 is 23.4 Å². The van der Waals surface area contributed by atoms with Gasteiger partial charge in [0, 0.05) is 17.9 Å². The fraction of sp³-hybridized carbons (Fsp3) is 0.714. The van der Waals surface area contributed by atoms with Crippen LogP contribution in [0.1, 0.15) is 33.6 Å². The molecule has 1 aliphatic heterocycles. The van der Waals surface area contributed by atoms with Gasteiger partial charge in [-0.3, -0.25) is 24.1 Å². The van der Waals surface area contributed by atoms with E-state index in [2.05, 4.69) is 0 Å². The van der Waals surface area contributed by atoms with Gasteiger partial charge in [-0.05, 0) is 26.7 Å². The van der Waals surface area contributed by atoms with Gasteiger partial charge in [-0.15, -0.1) is 0 Å². The van der Waals surface area contributed by atoms with Crippen LogP contribution in [0.25, 0.3) is 0 Å². The number of carbonyl (C=O) groups excluding carboxylic acids is 4. The average Bonchev–Trinajstić information content (AvgIpc) is 2.40. The maximum absolute atomic E-state index is 12.4. The molecule has 3 rings (SSSR count). The summed E-state index contributed by atoms with van der Waals surface area (Å²) < 4.78 is 0. The number of hydrogen-bond donors (Lipinski definition) is 0.